The number of hydrogen-bond donors (Lipinski definition) is 0. The van der Waals surface area contributed by atoms with Crippen molar-refractivity contribution in [2.24, 2.45) is 0 Å². The van der Waals surface area contributed by atoms with E-state index in [1.807, 2.05) is 35.8 Å². The summed E-state index contributed by atoms with van der Waals surface area (Å²) in [4.78, 5) is 28.6. The first-order valence-electron chi connectivity index (χ1n) is 10.1. The monoisotopic (exact) mass is 427 g/mol. The topological polar surface area (TPSA) is 75.4 Å². The van der Waals surface area contributed by atoms with E-state index in [1.54, 1.807) is 17.0 Å². The van der Waals surface area contributed by atoms with Gasteiger partial charge in [-0.25, -0.2) is 9.78 Å². The molecule has 2 aromatic heterocycles. The molecule has 0 atom stereocenters. The normalized spacial score (nSPS) is 11.8. The molecule has 0 spiro atoms. The minimum absolute atomic E-state index is 0.0445. The maximum atomic E-state index is 12.1. The predicted octanol–water partition coefficient (Wildman–Crippen LogP) is 4.65. The smallest absolute Gasteiger partial charge is 0.358 e. The van der Waals surface area contributed by atoms with Gasteiger partial charge in [0.2, 0.25) is 5.91 Å². The summed E-state index contributed by atoms with van der Waals surface area (Å²) in [6.07, 6.45) is 3.88. The Morgan fingerprint density at radius 3 is 2.60 bits per heavy atom. The Labute approximate surface area is 177 Å². The van der Waals surface area contributed by atoms with Crippen molar-refractivity contribution >= 4 is 30.9 Å². The highest BCUT2D eigenvalue weighted by molar-refractivity contribution is 6.76. The van der Waals surface area contributed by atoms with Gasteiger partial charge in [-0.1, -0.05) is 26.6 Å². The van der Waals surface area contributed by atoms with E-state index in [0.29, 0.717) is 25.6 Å². The number of nitrogens with zero attached hydrogens (tertiary/aromatic N) is 3. The summed E-state index contributed by atoms with van der Waals surface area (Å²) >= 11 is 0. The number of carbonyl (C=O) groups is 2. The molecule has 3 rings (SSSR count). The van der Waals surface area contributed by atoms with Gasteiger partial charge in [0.25, 0.3) is 0 Å². The van der Waals surface area contributed by atoms with Crippen LogP contribution in [-0.4, -0.2) is 47.8 Å². The highest BCUT2D eigenvalue weighted by Crippen LogP contribution is 2.26. The second kappa shape index (κ2) is 8.97. The first kappa shape index (κ1) is 22.0. The second-order valence-corrected chi connectivity index (χ2v) is 14.1. The Balaban J connectivity index is 1.92. The van der Waals surface area contributed by atoms with Crippen LogP contribution in [0.15, 0.2) is 36.7 Å². The Morgan fingerprint density at radius 1 is 1.17 bits per heavy atom. The van der Waals surface area contributed by atoms with Gasteiger partial charge in [-0.2, -0.15) is 0 Å². The fourth-order valence-electron chi connectivity index (χ4n) is 3.16. The van der Waals surface area contributed by atoms with Gasteiger partial charge in [0, 0.05) is 44.4 Å². The van der Waals surface area contributed by atoms with E-state index >= 15 is 0 Å². The molecule has 0 aliphatic rings. The summed E-state index contributed by atoms with van der Waals surface area (Å²) in [5.41, 5.74) is 1.93. The molecule has 0 saturated carbocycles. The fraction of sp³-hybridized carbons (Fsp3) is 0.409. The first-order chi connectivity index (χ1) is 14.2. The standard InChI is InChI=1S/C22H29N3O4Si/c1-6-20(26)25-10-9-16-13-17(7-8-19(16)25)21-23-18(22(27)28-2)14-24(21)15-29-11-12-30(3,4)5/h7-10,13-14H,6,11-12,15H2,1-5H3. The van der Waals surface area contributed by atoms with Crippen LogP contribution in [0, 0.1) is 0 Å². The van der Waals surface area contributed by atoms with E-state index < -0.39 is 14.0 Å². The lowest BCUT2D eigenvalue weighted by molar-refractivity contribution is 0.0593. The Morgan fingerprint density at radius 2 is 1.93 bits per heavy atom. The molecule has 30 heavy (non-hydrogen) atoms. The Kier molecular flexibility index (Phi) is 6.57. The van der Waals surface area contributed by atoms with E-state index in [1.165, 1.54) is 7.11 Å². The third-order valence-electron chi connectivity index (χ3n) is 4.92. The number of rotatable bonds is 8. The molecule has 0 amide bonds. The van der Waals surface area contributed by atoms with Crippen LogP contribution in [0.4, 0.5) is 0 Å². The van der Waals surface area contributed by atoms with Crippen molar-refractivity contribution < 1.29 is 19.1 Å². The van der Waals surface area contributed by atoms with E-state index in [9.17, 15) is 9.59 Å². The van der Waals surface area contributed by atoms with E-state index in [2.05, 4.69) is 24.6 Å². The number of aromatic nitrogens is 3. The molecular formula is C22H29N3O4Si. The molecule has 0 radical (unpaired) electrons. The zero-order chi connectivity index (χ0) is 21.9. The molecule has 1 aromatic carbocycles. The molecule has 0 aliphatic carbocycles. The van der Waals surface area contributed by atoms with Crippen LogP contribution in [0.2, 0.25) is 25.7 Å². The van der Waals surface area contributed by atoms with Crippen LogP contribution < -0.4 is 0 Å². The van der Waals surface area contributed by atoms with Gasteiger partial charge >= 0.3 is 5.97 Å². The molecule has 0 fully saturated rings. The van der Waals surface area contributed by atoms with Gasteiger partial charge in [0.05, 0.1) is 12.6 Å². The molecule has 0 aliphatic heterocycles. The number of hydrogen-bond acceptors (Lipinski definition) is 5. The van der Waals surface area contributed by atoms with Gasteiger partial charge in [-0.05, 0) is 30.3 Å². The Bertz CT molecular complexity index is 1060. The van der Waals surface area contributed by atoms with Crippen LogP contribution in [-0.2, 0) is 16.2 Å². The molecule has 3 aromatic rings. The fourth-order valence-corrected chi connectivity index (χ4v) is 3.92. The van der Waals surface area contributed by atoms with Crippen LogP contribution in [0.25, 0.3) is 22.3 Å². The molecule has 0 N–H and O–H groups in total. The summed E-state index contributed by atoms with van der Waals surface area (Å²) in [7, 11) is 0.152. The van der Waals surface area contributed by atoms with Crippen LogP contribution in [0.1, 0.15) is 28.6 Å². The minimum atomic E-state index is -1.19. The number of fused-ring (bicyclic) bond motifs is 1. The van der Waals surface area contributed by atoms with Crippen LogP contribution >= 0.6 is 0 Å². The van der Waals surface area contributed by atoms with Crippen LogP contribution in [0.5, 0.6) is 0 Å². The van der Waals surface area contributed by atoms with Crippen molar-refractivity contribution in [1.29, 1.82) is 0 Å². The van der Waals surface area contributed by atoms with E-state index in [4.69, 9.17) is 9.47 Å². The molecule has 0 unspecified atom stereocenters. The number of carbonyl (C=O) groups excluding carboxylic acids is 2. The van der Waals surface area contributed by atoms with Crippen molar-refractivity contribution in [2.45, 2.75) is 45.8 Å². The number of methoxy groups -OCH3 is 1. The summed E-state index contributed by atoms with van der Waals surface area (Å²) in [6.45, 7) is 9.73. The lowest BCUT2D eigenvalue weighted by atomic mass is 10.1. The molecule has 0 bridgehead atoms. The summed E-state index contributed by atoms with van der Waals surface area (Å²) in [6, 6.07) is 8.75. The summed E-state index contributed by atoms with van der Waals surface area (Å²) < 4.78 is 14.2. The molecular weight excluding hydrogens is 398 g/mol. The predicted molar refractivity (Wildman–Crippen MR) is 120 cm³/mol. The third-order valence-corrected chi connectivity index (χ3v) is 6.62. The third kappa shape index (κ3) is 4.88. The van der Waals surface area contributed by atoms with Gasteiger partial charge in [0.15, 0.2) is 5.69 Å². The van der Waals surface area contributed by atoms with Gasteiger partial charge < -0.3 is 14.0 Å². The van der Waals surface area contributed by atoms with Crippen LogP contribution in [0.3, 0.4) is 0 Å². The lowest BCUT2D eigenvalue weighted by Crippen LogP contribution is -2.22. The highest BCUT2D eigenvalue weighted by atomic mass is 28.3. The van der Waals surface area contributed by atoms with Crippen molar-refractivity contribution in [2.75, 3.05) is 13.7 Å². The van der Waals surface area contributed by atoms with E-state index in [0.717, 1.165) is 22.5 Å². The van der Waals surface area contributed by atoms with E-state index in [-0.39, 0.29) is 11.6 Å². The molecule has 7 nitrogen and oxygen atoms in total. The quantitative estimate of drug-likeness (QED) is 0.297. The average Bonchev–Trinajstić information content (AvgIpc) is 3.33. The highest BCUT2D eigenvalue weighted by Gasteiger charge is 2.18. The van der Waals surface area contributed by atoms with Crippen molar-refractivity contribution in [1.82, 2.24) is 14.1 Å². The van der Waals surface area contributed by atoms with Crippen molar-refractivity contribution in [3.63, 3.8) is 0 Å². The van der Waals surface area contributed by atoms with Gasteiger partial charge in [0.1, 0.15) is 12.6 Å². The Hall–Kier alpha value is -2.71. The SMILES string of the molecule is CCC(=O)n1ccc2cc(-c3nc(C(=O)OC)cn3COCC[Si](C)(C)C)ccc21. The zero-order valence-corrected chi connectivity index (χ0v) is 19.3. The zero-order valence-electron chi connectivity index (χ0n) is 18.3. The largest absolute Gasteiger partial charge is 0.464 e. The minimum Gasteiger partial charge on any atom is -0.464 e. The maximum Gasteiger partial charge on any atom is 0.358 e. The van der Waals surface area contributed by atoms with Crippen molar-refractivity contribution in [3.8, 4) is 11.4 Å². The average molecular weight is 428 g/mol. The number of imidazole rings is 1. The van der Waals surface area contributed by atoms with Gasteiger partial charge in [-0.15, -0.1) is 0 Å². The molecule has 2 heterocycles. The molecule has 0 saturated heterocycles. The number of benzene rings is 1. The first-order valence-corrected chi connectivity index (χ1v) is 13.8. The summed E-state index contributed by atoms with van der Waals surface area (Å²) in [5, 5.41) is 0.933. The van der Waals surface area contributed by atoms with Gasteiger partial charge in [-0.3, -0.25) is 9.36 Å². The number of ether oxygens (including phenoxy) is 2. The van der Waals surface area contributed by atoms with Crippen molar-refractivity contribution in [3.05, 3.63) is 42.4 Å². The second-order valence-electron chi connectivity index (χ2n) is 8.47. The lowest BCUT2D eigenvalue weighted by Gasteiger charge is -2.16. The number of esters is 1. The summed E-state index contributed by atoms with van der Waals surface area (Å²) in [5.74, 6) is 0.181. The maximum absolute atomic E-state index is 12.1. The molecule has 8 heteroatoms. The molecule has 160 valence electrons.